The van der Waals surface area contributed by atoms with E-state index in [2.05, 4.69) is 20.5 Å². The van der Waals surface area contributed by atoms with Crippen molar-refractivity contribution < 1.29 is 9.59 Å². The molecule has 8 heteroatoms. The Balaban J connectivity index is 1.56. The number of hydrogen-bond acceptors (Lipinski definition) is 5. The summed E-state index contributed by atoms with van der Waals surface area (Å²) in [5, 5.41) is 10.4. The molecule has 1 saturated heterocycles. The number of anilines is 1. The highest BCUT2D eigenvalue weighted by molar-refractivity contribution is 6.39. The van der Waals surface area contributed by atoms with Crippen LogP contribution in [0.3, 0.4) is 0 Å². The fourth-order valence-electron chi connectivity index (χ4n) is 2.77. The number of nitrogens with zero attached hydrogens (tertiary/aromatic N) is 5. The zero-order valence-electron chi connectivity index (χ0n) is 14.3. The third-order valence-electron chi connectivity index (χ3n) is 4.17. The number of rotatable bonds is 3. The first-order valence-corrected chi connectivity index (χ1v) is 8.34. The van der Waals surface area contributed by atoms with Crippen LogP contribution in [0.1, 0.15) is 12.0 Å². The summed E-state index contributed by atoms with van der Waals surface area (Å²) in [4.78, 5) is 28.2. The van der Waals surface area contributed by atoms with E-state index in [1.165, 1.54) is 0 Å². The van der Waals surface area contributed by atoms with Crippen molar-refractivity contribution in [2.24, 2.45) is 0 Å². The van der Waals surface area contributed by atoms with Gasteiger partial charge in [-0.15, -0.1) is 5.10 Å². The van der Waals surface area contributed by atoms with Crippen molar-refractivity contribution in [1.82, 2.24) is 24.8 Å². The van der Waals surface area contributed by atoms with Crippen molar-refractivity contribution in [3.8, 4) is 0 Å². The van der Waals surface area contributed by atoms with Gasteiger partial charge in [0.25, 0.3) is 0 Å². The van der Waals surface area contributed by atoms with Crippen molar-refractivity contribution in [2.75, 3.05) is 38.5 Å². The summed E-state index contributed by atoms with van der Waals surface area (Å²) in [5.74, 6) is -0.912. The zero-order chi connectivity index (χ0) is 17.6. The van der Waals surface area contributed by atoms with Crippen molar-refractivity contribution in [3.05, 3.63) is 42.1 Å². The molecule has 1 aromatic carbocycles. The number of benzene rings is 1. The quantitative estimate of drug-likeness (QED) is 0.818. The van der Waals surface area contributed by atoms with Gasteiger partial charge >= 0.3 is 11.8 Å². The first-order valence-electron chi connectivity index (χ1n) is 8.34. The number of nitrogens with one attached hydrogen (secondary N) is 1. The summed E-state index contributed by atoms with van der Waals surface area (Å²) in [6, 6.07) is 9.82. The lowest BCUT2D eigenvalue weighted by molar-refractivity contribution is -0.143. The van der Waals surface area contributed by atoms with E-state index < -0.39 is 11.8 Å². The highest BCUT2D eigenvalue weighted by Crippen LogP contribution is 2.07. The highest BCUT2D eigenvalue weighted by atomic mass is 16.2. The van der Waals surface area contributed by atoms with E-state index in [0.717, 1.165) is 25.1 Å². The van der Waals surface area contributed by atoms with Gasteiger partial charge in [-0.1, -0.05) is 35.5 Å². The second-order valence-electron chi connectivity index (χ2n) is 6.19. The molecule has 2 heterocycles. The van der Waals surface area contributed by atoms with Crippen LogP contribution in [0.4, 0.5) is 5.82 Å². The molecule has 0 saturated carbocycles. The molecule has 0 unspecified atom stereocenters. The second kappa shape index (κ2) is 7.89. The lowest BCUT2D eigenvalue weighted by Gasteiger charge is -2.19. The minimum Gasteiger partial charge on any atom is -0.333 e. The fraction of sp³-hybridized carbons (Fsp3) is 0.412. The van der Waals surface area contributed by atoms with Crippen LogP contribution in [0, 0.1) is 0 Å². The van der Waals surface area contributed by atoms with Gasteiger partial charge in [-0.2, -0.15) is 0 Å². The lowest BCUT2D eigenvalue weighted by Crippen LogP contribution is -2.41. The predicted octanol–water partition coefficient (Wildman–Crippen LogP) is 0.429. The van der Waals surface area contributed by atoms with E-state index in [9.17, 15) is 9.59 Å². The molecule has 0 bridgehead atoms. The van der Waals surface area contributed by atoms with Crippen molar-refractivity contribution >= 4 is 17.6 Å². The molecule has 0 spiro atoms. The molecule has 25 heavy (non-hydrogen) atoms. The minimum absolute atomic E-state index is 0.279. The second-order valence-corrected chi connectivity index (χ2v) is 6.19. The molecule has 1 aliphatic rings. The fourth-order valence-corrected chi connectivity index (χ4v) is 2.77. The third-order valence-corrected chi connectivity index (χ3v) is 4.17. The van der Waals surface area contributed by atoms with Gasteiger partial charge in [0.1, 0.15) is 0 Å². The number of carbonyl (C=O) groups is 2. The van der Waals surface area contributed by atoms with Crippen LogP contribution in [0.25, 0.3) is 0 Å². The predicted molar refractivity (Wildman–Crippen MR) is 92.9 cm³/mol. The molecule has 0 aliphatic carbocycles. The molecule has 2 aromatic rings. The van der Waals surface area contributed by atoms with Gasteiger partial charge in [0, 0.05) is 19.6 Å². The standard InChI is InChI=1S/C17H22N6O2/c1-21-8-5-9-22(11-10-21)17(25)16(24)18-15-13-23(20-19-15)12-14-6-3-2-4-7-14/h2-4,6-7,13H,5,8-12H2,1H3,(H,18,24). The Bertz CT molecular complexity index is 730. The summed E-state index contributed by atoms with van der Waals surface area (Å²) in [7, 11) is 2.01. The average Bonchev–Trinajstić information content (AvgIpc) is 2.92. The molecule has 1 fully saturated rings. The number of likely N-dealkylation sites (N-methyl/N-ethyl adjacent to an activating group) is 1. The Morgan fingerprint density at radius 2 is 1.92 bits per heavy atom. The monoisotopic (exact) mass is 342 g/mol. The summed E-state index contributed by atoms with van der Waals surface area (Å²) in [6.07, 6.45) is 2.48. The maximum Gasteiger partial charge on any atom is 0.315 e. The van der Waals surface area contributed by atoms with E-state index >= 15 is 0 Å². The van der Waals surface area contributed by atoms with Gasteiger partial charge < -0.3 is 9.80 Å². The van der Waals surface area contributed by atoms with Gasteiger partial charge in [-0.3, -0.25) is 14.9 Å². The van der Waals surface area contributed by atoms with Crippen molar-refractivity contribution in [3.63, 3.8) is 0 Å². The normalized spacial score (nSPS) is 15.6. The van der Waals surface area contributed by atoms with Crippen LogP contribution in [-0.2, 0) is 16.1 Å². The topological polar surface area (TPSA) is 83.4 Å². The molecule has 1 aromatic heterocycles. The van der Waals surface area contributed by atoms with E-state index in [1.54, 1.807) is 15.8 Å². The van der Waals surface area contributed by atoms with Crippen molar-refractivity contribution in [1.29, 1.82) is 0 Å². The molecular weight excluding hydrogens is 320 g/mol. The SMILES string of the molecule is CN1CCCN(C(=O)C(=O)Nc2cn(Cc3ccccc3)nn2)CC1. The molecule has 2 amide bonds. The van der Waals surface area contributed by atoms with Crippen LogP contribution in [0.5, 0.6) is 0 Å². The smallest absolute Gasteiger partial charge is 0.315 e. The van der Waals surface area contributed by atoms with Crippen LogP contribution in [-0.4, -0.2) is 69.8 Å². The summed E-state index contributed by atoms with van der Waals surface area (Å²) in [6.45, 7) is 3.41. The maximum atomic E-state index is 12.3. The Labute approximate surface area is 146 Å². The van der Waals surface area contributed by atoms with Gasteiger partial charge in [0.05, 0.1) is 12.7 Å². The first kappa shape index (κ1) is 17.1. The Morgan fingerprint density at radius 3 is 2.72 bits per heavy atom. The largest absolute Gasteiger partial charge is 0.333 e. The zero-order valence-corrected chi connectivity index (χ0v) is 14.3. The number of aromatic nitrogens is 3. The molecule has 3 rings (SSSR count). The van der Waals surface area contributed by atoms with E-state index in [-0.39, 0.29) is 5.82 Å². The molecular formula is C17H22N6O2. The lowest BCUT2D eigenvalue weighted by atomic mass is 10.2. The van der Waals surface area contributed by atoms with Crippen molar-refractivity contribution in [2.45, 2.75) is 13.0 Å². The Hall–Kier alpha value is -2.74. The van der Waals surface area contributed by atoms with Crippen LogP contribution in [0.2, 0.25) is 0 Å². The maximum absolute atomic E-state index is 12.3. The summed E-state index contributed by atoms with van der Waals surface area (Å²) < 4.78 is 1.62. The summed E-state index contributed by atoms with van der Waals surface area (Å²) in [5.41, 5.74) is 1.08. The first-order chi connectivity index (χ1) is 12.1. The van der Waals surface area contributed by atoms with Gasteiger partial charge in [0.15, 0.2) is 5.82 Å². The molecule has 0 radical (unpaired) electrons. The average molecular weight is 342 g/mol. The Kier molecular flexibility index (Phi) is 5.39. The van der Waals surface area contributed by atoms with E-state index in [4.69, 9.17) is 0 Å². The van der Waals surface area contributed by atoms with Gasteiger partial charge in [-0.05, 0) is 25.6 Å². The molecule has 0 atom stereocenters. The summed E-state index contributed by atoms with van der Waals surface area (Å²) >= 11 is 0. The number of carbonyl (C=O) groups excluding carboxylic acids is 2. The van der Waals surface area contributed by atoms with E-state index in [0.29, 0.717) is 19.6 Å². The molecule has 1 N–H and O–H groups in total. The minimum atomic E-state index is -0.670. The molecule has 1 aliphatic heterocycles. The third kappa shape index (κ3) is 4.63. The Morgan fingerprint density at radius 1 is 1.12 bits per heavy atom. The van der Waals surface area contributed by atoms with Gasteiger partial charge in [0.2, 0.25) is 0 Å². The number of amides is 2. The molecule has 8 nitrogen and oxygen atoms in total. The van der Waals surface area contributed by atoms with E-state index in [1.807, 2.05) is 37.4 Å². The highest BCUT2D eigenvalue weighted by Gasteiger charge is 2.24. The van der Waals surface area contributed by atoms with Gasteiger partial charge in [-0.25, -0.2) is 4.68 Å². The number of hydrogen-bond donors (Lipinski definition) is 1. The van der Waals surface area contributed by atoms with Crippen LogP contribution in [0.15, 0.2) is 36.5 Å². The van der Waals surface area contributed by atoms with Crippen LogP contribution >= 0.6 is 0 Å². The van der Waals surface area contributed by atoms with Crippen LogP contribution < -0.4 is 5.32 Å². The molecule has 132 valence electrons.